The van der Waals surface area contributed by atoms with Gasteiger partial charge in [0.2, 0.25) is 0 Å². The van der Waals surface area contributed by atoms with Crippen LogP contribution in [-0.2, 0) is 4.74 Å². The summed E-state index contributed by atoms with van der Waals surface area (Å²) in [6.07, 6.45) is 3.71. The van der Waals surface area contributed by atoms with Crippen LogP contribution < -0.4 is 5.73 Å². The summed E-state index contributed by atoms with van der Waals surface area (Å²) in [4.78, 5) is 4.88. The van der Waals surface area contributed by atoms with Gasteiger partial charge >= 0.3 is 0 Å². The summed E-state index contributed by atoms with van der Waals surface area (Å²) < 4.78 is 5.41. The molecule has 0 bridgehead atoms. The first-order valence-corrected chi connectivity index (χ1v) is 6.89. The molecule has 0 spiro atoms. The molecule has 100 valence electrons. The van der Waals surface area contributed by atoms with E-state index in [0.717, 1.165) is 32.2 Å². The molecule has 2 heterocycles. The molecular formula is C13H27N3O. The minimum absolute atomic E-state index is 0.299. The molecule has 0 amide bonds. The summed E-state index contributed by atoms with van der Waals surface area (Å²) in [5.41, 5.74) is 6.27. The molecule has 2 atom stereocenters. The molecule has 0 aliphatic carbocycles. The lowest BCUT2D eigenvalue weighted by Crippen LogP contribution is -2.48. The van der Waals surface area contributed by atoms with E-state index in [2.05, 4.69) is 23.9 Å². The van der Waals surface area contributed by atoms with Gasteiger partial charge in [-0.05, 0) is 46.4 Å². The van der Waals surface area contributed by atoms with Crippen LogP contribution in [0.2, 0.25) is 0 Å². The highest BCUT2D eigenvalue weighted by molar-refractivity contribution is 4.83. The van der Waals surface area contributed by atoms with Crippen molar-refractivity contribution in [2.24, 2.45) is 11.7 Å². The van der Waals surface area contributed by atoms with Crippen LogP contribution in [0.4, 0.5) is 0 Å². The highest BCUT2D eigenvalue weighted by Crippen LogP contribution is 2.19. The minimum atomic E-state index is 0.299. The number of ether oxygens (including phenoxy) is 1. The van der Waals surface area contributed by atoms with E-state index in [9.17, 15) is 0 Å². The molecule has 2 saturated heterocycles. The average Bonchev–Trinajstić information content (AvgIpc) is 2.83. The topological polar surface area (TPSA) is 41.7 Å². The number of likely N-dealkylation sites (tertiary alicyclic amines) is 1. The molecule has 0 saturated carbocycles. The number of nitrogens with zero attached hydrogens (tertiary/aromatic N) is 2. The van der Waals surface area contributed by atoms with Crippen LogP contribution in [0.3, 0.4) is 0 Å². The Morgan fingerprint density at radius 2 is 2.00 bits per heavy atom. The highest BCUT2D eigenvalue weighted by atomic mass is 16.5. The van der Waals surface area contributed by atoms with E-state index in [-0.39, 0.29) is 0 Å². The monoisotopic (exact) mass is 241 g/mol. The van der Waals surface area contributed by atoms with Crippen molar-refractivity contribution in [1.29, 1.82) is 0 Å². The fourth-order valence-electron chi connectivity index (χ4n) is 2.96. The van der Waals surface area contributed by atoms with Crippen molar-refractivity contribution in [2.45, 2.75) is 31.3 Å². The third kappa shape index (κ3) is 3.65. The SMILES string of the molecule is CN(C)C1CCN(CC(N)C2CCOC2)CC1. The van der Waals surface area contributed by atoms with Crippen molar-refractivity contribution >= 4 is 0 Å². The molecule has 2 aliphatic rings. The Bertz CT molecular complexity index is 221. The van der Waals surface area contributed by atoms with E-state index in [1.807, 2.05) is 0 Å². The molecule has 2 fully saturated rings. The van der Waals surface area contributed by atoms with Crippen molar-refractivity contribution in [3.63, 3.8) is 0 Å². The second-order valence-electron chi connectivity index (χ2n) is 5.78. The maximum Gasteiger partial charge on any atom is 0.0510 e. The van der Waals surface area contributed by atoms with Crippen LogP contribution in [0, 0.1) is 5.92 Å². The van der Waals surface area contributed by atoms with E-state index in [0.29, 0.717) is 12.0 Å². The predicted molar refractivity (Wildman–Crippen MR) is 70.1 cm³/mol. The first kappa shape index (κ1) is 13.3. The van der Waals surface area contributed by atoms with E-state index < -0.39 is 0 Å². The Morgan fingerprint density at radius 3 is 2.53 bits per heavy atom. The zero-order chi connectivity index (χ0) is 12.3. The maximum absolute atomic E-state index is 6.27. The van der Waals surface area contributed by atoms with Crippen molar-refractivity contribution in [3.05, 3.63) is 0 Å². The fraction of sp³-hybridized carbons (Fsp3) is 1.00. The van der Waals surface area contributed by atoms with Crippen LogP contribution in [0.15, 0.2) is 0 Å². The summed E-state index contributed by atoms with van der Waals surface area (Å²) in [6, 6.07) is 1.06. The van der Waals surface area contributed by atoms with Crippen molar-refractivity contribution in [3.8, 4) is 0 Å². The molecule has 2 rings (SSSR count). The predicted octanol–water partition coefficient (Wildman–Crippen LogP) is 0.376. The average molecular weight is 241 g/mol. The maximum atomic E-state index is 6.27. The number of nitrogens with two attached hydrogens (primary N) is 1. The Kier molecular flexibility index (Phi) is 4.79. The standard InChI is InChI=1S/C13H27N3O/c1-15(2)12-3-6-16(7-4-12)9-13(14)11-5-8-17-10-11/h11-13H,3-10,14H2,1-2H3. The van der Waals surface area contributed by atoms with Gasteiger partial charge in [-0.15, -0.1) is 0 Å². The van der Waals surface area contributed by atoms with E-state index in [1.165, 1.54) is 25.9 Å². The van der Waals surface area contributed by atoms with Crippen LogP contribution in [0.25, 0.3) is 0 Å². The van der Waals surface area contributed by atoms with Gasteiger partial charge in [-0.3, -0.25) is 0 Å². The lowest BCUT2D eigenvalue weighted by molar-refractivity contribution is 0.127. The summed E-state index contributed by atoms with van der Waals surface area (Å²) >= 11 is 0. The van der Waals surface area contributed by atoms with Crippen LogP contribution in [0.1, 0.15) is 19.3 Å². The minimum Gasteiger partial charge on any atom is -0.381 e. The van der Waals surface area contributed by atoms with Crippen LogP contribution in [0.5, 0.6) is 0 Å². The zero-order valence-electron chi connectivity index (χ0n) is 11.3. The Labute approximate surface area is 105 Å². The zero-order valence-corrected chi connectivity index (χ0v) is 11.3. The quantitative estimate of drug-likeness (QED) is 0.772. The fourth-order valence-corrected chi connectivity index (χ4v) is 2.96. The van der Waals surface area contributed by atoms with Gasteiger partial charge < -0.3 is 20.3 Å². The summed E-state index contributed by atoms with van der Waals surface area (Å²) in [7, 11) is 4.36. The molecule has 2 aliphatic heterocycles. The summed E-state index contributed by atoms with van der Waals surface area (Å²) in [6.45, 7) is 5.22. The lowest BCUT2D eigenvalue weighted by atomic mass is 9.97. The van der Waals surface area contributed by atoms with Crippen molar-refractivity contribution < 1.29 is 4.74 Å². The Balaban J connectivity index is 1.70. The second-order valence-corrected chi connectivity index (χ2v) is 5.78. The second kappa shape index (κ2) is 6.14. The van der Waals surface area contributed by atoms with Gasteiger partial charge in [-0.1, -0.05) is 0 Å². The molecule has 0 aromatic carbocycles. The smallest absolute Gasteiger partial charge is 0.0510 e. The van der Waals surface area contributed by atoms with E-state index in [4.69, 9.17) is 10.5 Å². The van der Waals surface area contributed by atoms with Crippen molar-refractivity contribution in [2.75, 3.05) is 46.9 Å². The number of hydrogen-bond donors (Lipinski definition) is 1. The molecular weight excluding hydrogens is 214 g/mol. The van der Waals surface area contributed by atoms with E-state index in [1.54, 1.807) is 0 Å². The third-order valence-corrected chi connectivity index (χ3v) is 4.33. The highest BCUT2D eigenvalue weighted by Gasteiger charge is 2.27. The number of piperidine rings is 1. The van der Waals surface area contributed by atoms with Gasteiger partial charge in [-0.2, -0.15) is 0 Å². The number of hydrogen-bond acceptors (Lipinski definition) is 4. The van der Waals surface area contributed by atoms with Gasteiger partial charge in [-0.25, -0.2) is 0 Å². The van der Waals surface area contributed by atoms with Crippen molar-refractivity contribution in [1.82, 2.24) is 9.80 Å². The number of rotatable bonds is 4. The van der Waals surface area contributed by atoms with Crippen LogP contribution >= 0.6 is 0 Å². The normalized spacial score (nSPS) is 30.0. The molecule has 0 radical (unpaired) electrons. The lowest BCUT2D eigenvalue weighted by Gasteiger charge is -2.36. The first-order chi connectivity index (χ1) is 8.16. The molecule has 4 nitrogen and oxygen atoms in total. The molecule has 0 aromatic rings. The largest absolute Gasteiger partial charge is 0.381 e. The molecule has 4 heteroatoms. The summed E-state index contributed by atoms with van der Waals surface area (Å²) in [5, 5.41) is 0. The Morgan fingerprint density at radius 1 is 1.29 bits per heavy atom. The van der Waals surface area contributed by atoms with Gasteiger partial charge in [0.1, 0.15) is 0 Å². The van der Waals surface area contributed by atoms with Gasteiger partial charge in [0, 0.05) is 31.2 Å². The molecule has 2 unspecified atom stereocenters. The van der Waals surface area contributed by atoms with Gasteiger partial charge in [0.15, 0.2) is 0 Å². The van der Waals surface area contributed by atoms with Gasteiger partial charge in [0.25, 0.3) is 0 Å². The molecule has 2 N–H and O–H groups in total. The first-order valence-electron chi connectivity index (χ1n) is 6.89. The molecule has 0 aromatic heterocycles. The Hall–Kier alpha value is -0.160. The van der Waals surface area contributed by atoms with Crippen LogP contribution in [-0.4, -0.2) is 68.8 Å². The van der Waals surface area contributed by atoms with E-state index >= 15 is 0 Å². The van der Waals surface area contributed by atoms with Gasteiger partial charge in [0.05, 0.1) is 6.61 Å². The summed E-state index contributed by atoms with van der Waals surface area (Å²) in [5.74, 6) is 0.585. The third-order valence-electron chi connectivity index (χ3n) is 4.33. The molecule has 17 heavy (non-hydrogen) atoms.